The van der Waals surface area contributed by atoms with E-state index in [-0.39, 0.29) is 17.6 Å². The summed E-state index contributed by atoms with van der Waals surface area (Å²) in [4.78, 5) is 19.3. The Morgan fingerprint density at radius 2 is 1.86 bits per heavy atom. The van der Waals surface area contributed by atoms with E-state index in [1.807, 2.05) is 30.5 Å². The van der Waals surface area contributed by atoms with Gasteiger partial charge in [-0.3, -0.25) is 10.1 Å². The van der Waals surface area contributed by atoms with Gasteiger partial charge in [0.1, 0.15) is 5.82 Å². The number of likely N-dealkylation sites (tertiary alicyclic amines) is 1. The minimum Gasteiger partial charge on any atom is -0.326 e. The van der Waals surface area contributed by atoms with Crippen molar-refractivity contribution < 1.29 is 9.18 Å². The van der Waals surface area contributed by atoms with Crippen LogP contribution in [0.25, 0.3) is 0 Å². The first kappa shape index (κ1) is 25.8. The van der Waals surface area contributed by atoms with Gasteiger partial charge in [0.2, 0.25) is 5.96 Å². The molecule has 0 radical (unpaired) electrons. The summed E-state index contributed by atoms with van der Waals surface area (Å²) in [5.74, 6) is 1.36. The fraction of sp³-hybridized carbons (Fsp3) is 0.483. The highest BCUT2D eigenvalue weighted by atomic mass is 19.1. The molecule has 1 heterocycles. The minimum absolute atomic E-state index is 0.000776. The number of guanidine groups is 1. The summed E-state index contributed by atoms with van der Waals surface area (Å²) in [5.41, 5.74) is 2.57. The molecule has 0 aromatic heterocycles. The zero-order valence-electron chi connectivity index (χ0n) is 21.0. The number of hydrogen-bond donors (Lipinski definition) is 2. The van der Waals surface area contributed by atoms with Crippen molar-refractivity contribution in [1.82, 2.24) is 10.2 Å². The average Bonchev–Trinajstić information content (AvgIpc) is 2.88. The maximum Gasteiger partial charge on any atom is 0.209 e. The number of rotatable bonds is 7. The summed E-state index contributed by atoms with van der Waals surface area (Å²) in [6.45, 7) is 4.73. The SMILES string of the molecule is CC(=O)c1cccc(NC(=N[C@@H]2CCCC[C@H]2CN2CCC(Cc3ccc(F)cc3)CC2)NC#N)c1. The van der Waals surface area contributed by atoms with Crippen molar-refractivity contribution in [1.29, 1.82) is 5.26 Å². The van der Waals surface area contributed by atoms with Crippen LogP contribution >= 0.6 is 0 Å². The number of Topliss-reactive ketones (excluding diaryl/α,β-unsaturated/α-hetero) is 1. The lowest BCUT2D eigenvalue weighted by molar-refractivity contribution is 0.101. The molecule has 4 rings (SSSR count). The van der Waals surface area contributed by atoms with Crippen LogP contribution in [-0.4, -0.2) is 42.3 Å². The fourth-order valence-corrected chi connectivity index (χ4v) is 5.50. The Balaban J connectivity index is 1.35. The average molecular weight is 490 g/mol. The van der Waals surface area contributed by atoms with Gasteiger partial charge in [-0.05, 0) is 93.8 Å². The molecule has 2 aliphatic rings. The summed E-state index contributed by atoms with van der Waals surface area (Å²) in [7, 11) is 0. The number of ketones is 1. The highest BCUT2D eigenvalue weighted by molar-refractivity contribution is 5.98. The molecule has 0 amide bonds. The van der Waals surface area contributed by atoms with Crippen LogP contribution in [-0.2, 0) is 6.42 Å². The summed E-state index contributed by atoms with van der Waals surface area (Å²) in [6.07, 6.45) is 9.85. The zero-order chi connectivity index (χ0) is 25.3. The summed E-state index contributed by atoms with van der Waals surface area (Å²) in [5, 5.41) is 15.2. The van der Waals surface area contributed by atoms with E-state index in [0.29, 0.717) is 23.4 Å². The molecule has 1 aliphatic heterocycles. The third-order valence-electron chi connectivity index (χ3n) is 7.51. The fourth-order valence-electron chi connectivity index (χ4n) is 5.50. The Morgan fingerprint density at radius 1 is 1.11 bits per heavy atom. The summed E-state index contributed by atoms with van der Waals surface area (Å²) in [6, 6.07) is 14.3. The number of aliphatic imine (C=N–C) groups is 1. The first-order valence-corrected chi connectivity index (χ1v) is 13.1. The highest BCUT2D eigenvalue weighted by Crippen LogP contribution is 2.30. The summed E-state index contributed by atoms with van der Waals surface area (Å²) < 4.78 is 13.2. The normalized spacial score (nSPS) is 21.5. The van der Waals surface area contributed by atoms with Crippen molar-refractivity contribution in [2.24, 2.45) is 16.8 Å². The van der Waals surface area contributed by atoms with Crippen LogP contribution < -0.4 is 10.6 Å². The molecule has 1 saturated heterocycles. The lowest BCUT2D eigenvalue weighted by atomic mass is 9.83. The Morgan fingerprint density at radius 3 is 2.58 bits per heavy atom. The third-order valence-corrected chi connectivity index (χ3v) is 7.51. The Kier molecular flexibility index (Phi) is 9.07. The number of nitrogens with one attached hydrogen (secondary N) is 2. The molecule has 0 bridgehead atoms. The van der Waals surface area contributed by atoms with Crippen molar-refractivity contribution >= 4 is 17.4 Å². The van der Waals surface area contributed by atoms with Gasteiger partial charge in [-0.15, -0.1) is 0 Å². The second-order valence-electron chi connectivity index (χ2n) is 10.2. The lowest BCUT2D eigenvalue weighted by Gasteiger charge is -2.37. The van der Waals surface area contributed by atoms with Crippen molar-refractivity contribution in [2.45, 2.75) is 57.9 Å². The molecule has 0 spiro atoms. The predicted octanol–water partition coefficient (Wildman–Crippen LogP) is 5.38. The van der Waals surface area contributed by atoms with Gasteiger partial charge >= 0.3 is 0 Å². The van der Waals surface area contributed by atoms with Gasteiger partial charge in [-0.25, -0.2) is 9.38 Å². The molecule has 1 aliphatic carbocycles. The van der Waals surface area contributed by atoms with Crippen molar-refractivity contribution in [3.63, 3.8) is 0 Å². The quantitative estimate of drug-likeness (QED) is 0.179. The molecule has 2 N–H and O–H groups in total. The predicted molar refractivity (Wildman–Crippen MR) is 141 cm³/mol. The maximum absolute atomic E-state index is 13.2. The molecule has 36 heavy (non-hydrogen) atoms. The van der Waals surface area contributed by atoms with Crippen LogP contribution in [0, 0.1) is 29.1 Å². The molecule has 0 unspecified atom stereocenters. The van der Waals surface area contributed by atoms with Crippen LogP contribution in [0.4, 0.5) is 10.1 Å². The maximum atomic E-state index is 13.2. The second-order valence-corrected chi connectivity index (χ2v) is 10.2. The Hall–Kier alpha value is -3.24. The number of halogens is 1. The van der Waals surface area contributed by atoms with E-state index in [4.69, 9.17) is 4.99 Å². The van der Waals surface area contributed by atoms with Crippen molar-refractivity contribution in [3.05, 3.63) is 65.5 Å². The minimum atomic E-state index is -0.175. The number of nitriles is 1. The first-order valence-electron chi connectivity index (χ1n) is 13.1. The van der Waals surface area contributed by atoms with E-state index in [1.165, 1.54) is 12.0 Å². The number of anilines is 1. The van der Waals surface area contributed by atoms with E-state index in [2.05, 4.69) is 15.5 Å². The van der Waals surface area contributed by atoms with Crippen molar-refractivity contribution in [3.8, 4) is 6.19 Å². The number of piperidine rings is 1. The van der Waals surface area contributed by atoms with Crippen LogP contribution in [0.2, 0.25) is 0 Å². The number of nitrogens with zero attached hydrogens (tertiary/aromatic N) is 3. The first-order chi connectivity index (χ1) is 17.5. The van der Waals surface area contributed by atoms with Gasteiger partial charge in [0.05, 0.1) is 6.04 Å². The van der Waals surface area contributed by atoms with Gasteiger partial charge in [-0.2, -0.15) is 5.26 Å². The number of carbonyl (C=O) groups is 1. The van der Waals surface area contributed by atoms with Crippen LogP contribution in [0.1, 0.15) is 61.4 Å². The van der Waals surface area contributed by atoms with Gasteiger partial charge in [-0.1, -0.05) is 37.1 Å². The smallest absolute Gasteiger partial charge is 0.209 e. The zero-order valence-corrected chi connectivity index (χ0v) is 21.0. The van der Waals surface area contributed by atoms with Crippen LogP contribution in [0.3, 0.4) is 0 Å². The topological polar surface area (TPSA) is 80.5 Å². The molecular formula is C29H36FN5O. The number of carbonyl (C=O) groups excluding carboxylic acids is 1. The second kappa shape index (κ2) is 12.6. The van der Waals surface area contributed by atoms with Gasteiger partial charge < -0.3 is 10.2 Å². The monoisotopic (exact) mass is 489 g/mol. The number of benzene rings is 2. The van der Waals surface area contributed by atoms with Crippen LogP contribution in [0.5, 0.6) is 0 Å². The molecule has 2 aromatic carbocycles. The molecule has 2 atom stereocenters. The highest BCUT2D eigenvalue weighted by Gasteiger charge is 2.29. The molecule has 1 saturated carbocycles. The molecular weight excluding hydrogens is 453 g/mol. The molecule has 2 aromatic rings. The van der Waals surface area contributed by atoms with Gasteiger partial charge in [0, 0.05) is 17.8 Å². The molecule has 190 valence electrons. The lowest BCUT2D eigenvalue weighted by Crippen LogP contribution is -2.42. The molecule has 2 fully saturated rings. The standard InChI is InChI=1S/C29H36FN5O/c1-21(36)24-6-4-7-27(18-24)33-29(32-20-31)34-28-8-3-2-5-25(28)19-35-15-13-23(14-16-35)17-22-9-11-26(30)12-10-22/h4,6-7,9-12,18,23,25,28H,2-3,5,8,13-17,19H2,1H3,(H2,32,33,34)/t25-,28+/m0/s1. The van der Waals surface area contributed by atoms with Gasteiger partial charge in [0.15, 0.2) is 12.0 Å². The third kappa shape index (κ3) is 7.38. The van der Waals surface area contributed by atoms with Gasteiger partial charge in [0.25, 0.3) is 0 Å². The summed E-state index contributed by atoms with van der Waals surface area (Å²) >= 11 is 0. The van der Waals surface area contributed by atoms with E-state index in [1.54, 1.807) is 31.2 Å². The molecule has 6 nitrogen and oxygen atoms in total. The Bertz CT molecular complexity index is 1090. The largest absolute Gasteiger partial charge is 0.326 e. The van der Waals surface area contributed by atoms with Crippen molar-refractivity contribution in [2.75, 3.05) is 25.0 Å². The van der Waals surface area contributed by atoms with E-state index in [0.717, 1.165) is 63.8 Å². The van der Waals surface area contributed by atoms with E-state index < -0.39 is 0 Å². The number of hydrogen-bond acceptors (Lipinski definition) is 4. The van der Waals surface area contributed by atoms with E-state index >= 15 is 0 Å². The van der Waals surface area contributed by atoms with E-state index in [9.17, 15) is 14.4 Å². The Labute approximate surface area is 213 Å². The molecule has 7 heteroatoms. The van der Waals surface area contributed by atoms with Crippen LogP contribution in [0.15, 0.2) is 53.5 Å².